The first kappa shape index (κ1) is 8.49. The second kappa shape index (κ2) is 3.40. The second-order valence-corrected chi connectivity index (χ2v) is 3.49. The van der Waals surface area contributed by atoms with Gasteiger partial charge in [-0.1, -0.05) is 0 Å². The largest absolute Gasteiger partial charge is 0.307 e. The molecule has 74 valence electrons. The first-order valence-electron chi connectivity index (χ1n) is 4.89. The van der Waals surface area contributed by atoms with Crippen molar-refractivity contribution in [2.24, 2.45) is 0 Å². The van der Waals surface area contributed by atoms with Crippen LogP contribution in [0.15, 0.2) is 30.9 Å². The highest BCUT2D eigenvalue weighted by Gasteiger charge is 2.17. The summed E-state index contributed by atoms with van der Waals surface area (Å²) in [6, 6.07) is 3.94. The minimum Gasteiger partial charge on any atom is -0.307 e. The number of nitrogens with one attached hydrogen (secondary N) is 1. The van der Waals surface area contributed by atoms with Crippen LogP contribution >= 0.6 is 0 Å². The summed E-state index contributed by atoms with van der Waals surface area (Å²) in [5.41, 5.74) is 4.35. The molecule has 0 spiro atoms. The third-order valence-corrected chi connectivity index (χ3v) is 2.56. The number of rotatable bonds is 1. The second-order valence-electron chi connectivity index (χ2n) is 3.49. The summed E-state index contributed by atoms with van der Waals surface area (Å²) in [7, 11) is 0. The van der Waals surface area contributed by atoms with Gasteiger partial charge in [-0.2, -0.15) is 0 Å². The van der Waals surface area contributed by atoms with Crippen LogP contribution < -0.4 is 5.32 Å². The molecule has 0 saturated carbocycles. The van der Waals surface area contributed by atoms with E-state index in [4.69, 9.17) is 0 Å². The van der Waals surface area contributed by atoms with Crippen LogP contribution in [0.5, 0.6) is 0 Å². The van der Waals surface area contributed by atoms with Gasteiger partial charge in [0, 0.05) is 36.6 Å². The van der Waals surface area contributed by atoms with Gasteiger partial charge in [-0.3, -0.25) is 4.98 Å². The lowest BCUT2D eigenvalue weighted by Crippen LogP contribution is -2.00. The van der Waals surface area contributed by atoms with Crippen LogP contribution in [0, 0.1) is 0 Å². The molecule has 0 fully saturated rings. The van der Waals surface area contributed by atoms with Gasteiger partial charge < -0.3 is 5.32 Å². The van der Waals surface area contributed by atoms with Crippen molar-refractivity contribution < 1.29 is 0 Å². The molecule has 3 heterocycles. The molecule has 15 heavy (non-hydrogen) atoms. The lowest BCUT2D eigenvalue weighted by molar-refractivity contribution is 0.758. The van der Waals surface area contributed by atoms with Crippen LogP contribution in [0.1, 0.15) is 11.3 Å². The zero-order valence-electron chi connectivity index (χ0n) is 8.14. The number of hydrogen-bond acceptors (Lipinski definition) is 4. The van der Waals surface area contributed by atoms with E-state index in [2.05, 4.69) is 20.3 Å². The Morgan fingerprint density at radius 2 is 2.20 bits per heavy atom. The maximum atomic E-state index is 4.33. The maximum absolute atomic E-state index is 4.33. The fraction of sp³-hybridized carbons (Fsp3) is 0.182. The smallest absolute Gasteiger partial charge is 0.116 e. The highest BCUT2D eigenvalue weighted by Crippen LogP contribution is 2.24. The zero-order chi connectivity index (χ0) is 10.1. The predicted octanol–water partition coefficient (Wildman–Crippen LogP) is 1.14. The molecule has 4 nitrogen and oxygen atoms in total. The molecular weight excluding hydrogens is 188 g/mol. The van der Waals surface area contributed by atoms with Crippen molar-refractivity contribution in [2.45, 2.75) is 13.1 Å². The van der Waals surface area contributed by atoms with Gasteiger partial charge in [0.25, 0.3) is 0 Å². The lowest BCUT2D eigenvalue weighted by atomic mass is 10.1. The monoisotopic (exact) mass is 198 g/mol. The molecule has 4 heteroatoms. The molecule has 0 aromatic carbocycles. The molecule has 2 aromatic rings. The van der Waals surface area contributed by atoms with Gasteiger partial charge in [0.1, 0.15) is 6.33 Å². The molecule has 1 aliphatic heterocycles. The number of hydrogen-bond donors (Lipinski definition) is 1. The molecule has 3 rings (SSSR count). The van der Waals surface area contributed by atoms with E-state index >= 15 is 0 Å². The van der Waals surface area contributed by atoms with Crippen molar-refractivity contribution in [3.05, 3.63) is 42.1 Å². The number of pyridine rings is 1. The third kappa shape index (κ3) is 1.39. The molecule has 0 radical (unpaired) electrons. The Kier molecular flexibility index (Phi) is 1.93. The minimum absolute atomic E-state index is 0.838. The summed E-state index contributed by atoms with van der Waals surface area (Å²) in [5, 5.41) is 3.27. The summed E-state index contributed by atoms with van der Waals surface area (Å²) < 4.78 is 0. The van der Waals surface area contributed by atoms with Crippen molar-refractivity contribution >= 4 is 0 Å². The van der Waals surface area contributed by atoms with Crippen molar-refractivity contribution in [1.82, 2.24) is 20.3 Å². The fourth-order valence-electron chi connectivity index (χ4n) is 1.84. The van der Waals surface area contributed by atoms with E-state index in [0.29, 0.717) is 0 Å². The number of nitrogens with zero attached hydrogens (tertiary/aromatic N) is 3. The minimum atomic E-state index is 0.838. The van der Waals surface area contributed by atoms with E-state index in [-0.39, 0.29) is 0 Å². The predicted molar refractivity (Wildman–Crippen MR) is 55.8 cm³/mol. The van der Waals surface area contributed by atoms with Crippen LogP contribution in [0.4, 0.5) is 0 Å². The Morgan fingerprint density at radius 1 is 1.20 bits per heavy atom. The molecule has 0 bridgehead atoms. The topological polar surface area (TPSA) is 50.7 Å². The maximum Gasteiger partial charge on any atom is 0.116 e. The Labute approximate surface area is 87.4 Å². The third-order valence-electron chi connectivity index (χ3n) is 2.56. The summed E-state index contributed by atoms with van der Waals surface area (Å²) in [5.74, 6) is 0. The Hall–Kier alpha value is -1.81. The fourth-order valence-corrected chi connectivity index (χ4v) is 1.84. The molecule has 2 aromatic heterocycles. The van der Waals surface area contributed by atoms with E-state index in [1.54, 1.807) is 12.5 Å². The van der Waals surface area contributed by atoms with Gasteiger partial charge in [-0.15, -0.1) is 0 Å². The molecule has 1 aliphatic rings. The van der Waals surface area contributed by atoms with Gasteiger partial charge >= 0.3 is 0 Å². The van der Waals surface area contributed by atoms with Gasteiger partial charge in [-0.05, 0) is 12.1 Å². The quantitative estimate of drug-likeness (QED) is 0.746. The van der Waals surface area contributed by atoms with Gasteiger partial charge in [0.15, 0.2) is 0 Å². The first-order valence-corrected chi connectivity index (χ1v) is 4.89. The van der Waals surface area contributed by atoms with E-state index in [9.17, 15) is 0 Å². The molecule has 0 unspecified atom stereocenters. The van der Waals surface area contributed by atoms with E-state index < -0.39 is 0 Å². The highest BCUT2D eigenvalue weighted by atomic mass is 15.0. The lowest BCUT2D eigenvalue weighted by Gasteiger charge is -2.04. The van der Waals surface area contributed by atoms with Crippen LogP contribution in [0.25, 0.3) is 11.3 Å². The van der Waals surface area contributed by atoms with Crippen molar-refractivity contribution in [2.75, 3.05) is 0 Å². The summed E-state index contributed by atoms with van der Waals surface area (Å²) in [4.78, 5) is 12.7. The molecule has 0 atom stereocenters. The molecule has 1 N–H and O–H groups in total. The number of aromatic nitrogens is 3. The average molecular weight is 198 g/mol. The molecular formula is C11H10N4. The standard InChI is InChI=1S/C11H10N4/c1-2-8(4-12-3-1)11-9-5-13-6-10(9)14-7-15-11/h1-4,7,13H,5-6H2. The van der Waals surface area contributed by atoms with Gasteiger partial charge in [0.2, 0.25) is 0 Å². The highest BCUT2D eigenvalue weighted by molar-refractivity contribution is 5.63. The van der Waals surface area contributed by atoms with Crippen molar-refractivity contribution in [3.8, 4) is 11.3 Å². The summed E-state index contributed by atoms with van der Waals surface area (Å²) in [6.45, 7) is 1.69. The van der Waals surface area contributed by atoms with Crippen LogP contribution in [-0.2, 0) is 13.1 Å². The van der Waals surface area contributed by atoms with Crippen LogP contribution in [0.2, 0.25) is 0 Å². The van der Waals surface area contributed by atoms with Gasteiger partial charge in [0.05, 0.1) is 11.4 Å². The van der Waals surface area contributed by atoms with Gasteiger partial charge in [-0.25, -0.2) is 9.97 Å². The van der Waals surface area contributed by atoms with E-state index in [1.165, 1.54) is 5.56 Å². The molecule has 0 aliphatic carbocycles. The Morgan fingerprint density at radius 3 is 3.07 bits per heavy atom. The SMILES string of the molecule is c1cncc(-c2ncnc3c2CNC3)c1. The summed E-state index contributed by atoms with van der Waals surface area (Å²) >= 11 is 0. The molecule has 0 saturated heterocycles. The Bertz CT molecular complexity index is 481. The number of fused-ring (bicyclic) bond motifs is 1. The first-order chi connectivity index (χ1) is 7.45. The van der Waals surface area contributed by atoms with Crippen LogP contribution in [-0.4, -0.2) is 15.0 Å². The van der Waals surface area contributed by atoms with E-state index in [0.717, 1.165) is 30.0 Å². The Balaban J connectivity index is 2.17. The average Bonchev–Trinajstić information content (AvgIpc) is 2.78. The zero-order valence-corrected chi connectivity index (χ0v) is 8.14. The summed E-state index contributed by atoms with van der Waals surface area (Å²) in [6.07, 6.45) is 5.22. The van der Waals surface area contributed by atoms with Crippen molar-refractivity contribution in [3.63, 3.8) is 0 Å². The van der Waals surface area contributed by atoms with Crippen molar-refractivity contribution in [1.29, 1.82) is 0 Å². The normalized spacial score (nSPS) is 13.9. The van der Waals surface area contributed by atoms with Crippen LogP contribution in [0.3, 0.4) is 0 Å². The molecule has 0 amide bonds. The van der Waals surface area contributed by atoms with E-state index in [1.807, 2.05) is 18.3 Å².